The molecule has 1 atom stereocenters. The van der Waals surface area contributed by atoms with Crippen LogP contribution >= 0.6 is 12.4 Å². The van der Waals surface area contributed by atoms with Crippen LogP contribution in [0.2, 0.25) is 0 Å². The third kappa shape index (κ3) is 4.34. The Balaban J connectivity index is 0.00000182. The van der Waals surface area contributed by atoms with Gasteiger partial charge < -0.3 is 10.2 Å². The fourth-order valence-electron chi connectivity index (χ4n) is 4.24. The summed E-state index contributed by atoms with van der Waals surface area (Å²) in [7, 11) is 0. The summed E-state index contributed by atoms with van der Waals surface area (Å²) in [5.41, 5.74) is 2.72. The van der Waals surface area contributed by atoms with Gasteiger partial charge in [0.2, 0.25) is 5.91 Å². The summed E-state index contributed by atoms with van der Waals surface area (Å²) in [5.74, 6) is 0.292. The fraction of sp³-hybridized carbons (Fsp3) is 0.632. The zero-order valence-electron chi connectivity index (χ0n) is 14.8. The van der Waals surface area contributed by atoms with E-state index in [0.717, 1.165) is 58.8 Å². The van der Waals surface area contributed by atoms with Gasteiger partial charge in [-0.1, -0.05) is 24.3 Å². The van der Waals surface area contributed by atoms with Crippen molar-refractivity contribution in [2.75, 3.05) is 52.4 Å². The number of hydrogen-bond donors (Lipinski definition) is 1. The number of nitrogens with one attached hydrogen (secondary N) is 1. The lowest BCUT2D eigenvalue weighted by Crippen LogP contribution is -2.53. The highest BCUT2D eigenvalue weighted by Gasteiger charge is 2.28. The number of carbonyl (C=O) groups is 1. The minimum absolute atomic E-state index is 0. The van der Waals surface area contributed by atoms with Gasteiger partial charge in [-0.05, 0) is 30.5 Å². The Morgan fingerprint density at radius 2 is 1.84 bits per heavy atom. The lowest BCUT2D eigenvalue weighted by Gasteiger charge is -2.38. The molecule has 0 saturated carbocycles. The number of benzene rings is 1. The van der Waals surface area contributed by atoms with E-state index in [1.54, 1.807) is 0 Å². The SMILES string of the molecule is Cl.O=C(CN1CCN(C2CCNC2)CC1)N1CCc2ccccc2C1. The minimum atomic E-state index is 0. The van der Waals surface area contributed by atoms with Gasteiger partial charge in [0.1, 0.15) is 0 Å². The Hall–Kier alpha value is -1.14. The third-order valence-corrected chi connectivity index (χ3v) is 5.80. The Kier molecular flexibility index (Phi) is 6.34. The summed E-state index contributed by atoms with van der Waals surface area (Å²) in [6.07, 6.45) is 2.26. The molecule has 0 radical (unpaired) electrons. The first-order chi connectivity index (χ1) is 11.8. The first kappa shape index (κ1) is 18.6. The monoisotopic (exact) mass is 364 g/mol. The number of hydrogen-bond acceptors (Lipinski definition) is 4. The van der Waals surface area contributed by atoms with Crippen LogP contribution in [-0.2, 0) is 17.8 Å². The minimum Gasteiger partial charge on any atom is -0.337 e. The van der Waals surface area contributed by atoms with Crippen LogP contribution in [0.15, 0.2) is 24.3 Å². The van der Waals surface area contributed by atoms with E-state index in [4.69, 9.17) is 0 Å². The molecule has 1 amide bonds. The molecule has 6 heteroatoms. The standard InChI is InChI=1S/C19H28N4O.ClH/c24-19(23-8-6-16-3-1-2-4-17(16)14-23)15-21-9-11-22(12-10-21)18-5-7-20-13-18;/h1-4,18,20H,5-15H2;1H. The van der Waals surface area contributed by atoms with Crippen LogP contribution < -0.4 is 5.32 Å². The molecule has 1 N–H and O–H groups in total. The average Bonchev–Trinajstić information content (AvgIpc) is 3.16. The lowest BCUT2D eigenvalue weighted by atomic mass is 10.00. The van der Waals surface area contributed by atoms with Gasteiger partial charge in [-0.15, -0.1) is 12.4 Å². The Labute approximate surface area is 156 Å². The van der Waals surface area contributed by atoms with Gasteiger partial charge in [-0.3, -0.25) is 14.6 Å². The van der Waals surface area contributed by atoms with Crippen molar-refractivity contribution in [3.63, 3.8) is 0 Å². The van der Waals surface area contributed by atoms with Crippen molar-refractivity contribution >= 4 is 18.3 Å². The van der Waals surface area contributed by atoms with Crippen molar-refractivity contribution in [2.24, 2.45) is 0 Å². The van der Waals surface area contributed by atoms with E-state index in [1.807, 2.05) is 4.90 Å². The number of piperazine rings is 1. The molecule has 5 nitrogen and oxygen atoms in total. The molecule has 3 aliphatic heterocycles. The van der Waals surface area contributed by atoms with E-state index in [-0.39, 0.29) is 12.4 Å². The van der Waals surface area contributed by atoms with Gasteiger partial charge in [0.15, 0.2) is 0 Å². The van der Waals surface area contributed by atoms with E-state index >= 15 is 0 Å². The van der Waals surface area contributed by atoms with Crippen molar-refractivity contribution in [2.45, 2.75) is 25.4 Å². The zero-order valence-corrected chi connectivity index (χ0v) is 15.6. The zero-order chi connectivity index (χ0) is 16.4. The van der Waals surface area contributed by atoms with Crippen molar-refractivity contribution < 1.29 is 4.79 Å². The maximum Gasteiger partial charge on any atom is 0.237 e. The maximum atomic E-state index is 12.7. The first-order valence-electron chi connectivity index (χ1n) is 9.31. The molecule has 0 spiro atoms. The predicted molar refractivity (Wildman–Crippen MR) is 102 cm³/mol. The summed E-state index contributed by atoms with van der Waals surface area (Å²) in [6.45, 7) is 8.75. The second kappa shape index (κ2) is 8.49. The average molecular weight is 365 g/mol. The third-order valence-electron chi connectivity index (χ3n) is 5.80. The van der Waals surface area contributed by atoms with Crippen molar-refractivity contribution in [1.29, 1.82) is 0 Å². The van der Waals surface area contributed by atoms with E-state index in [0.29, 0.717) is 18.5 Å². The molecule has 3 heterocycles. The van der Waals surface area contributed by atoms with E-state index in [2.05, 4.69) is 39.4 Å². The Morgan fingerprint density at radius 3 is 2.56 bits per heavy atom. The normalized spacial score (nSPS) is 24.6. The summed E-state index contributed by atoms with van der Waals surface area (Å²) in [6, 6.07) is 9.22. The number of fused-ring (bicyclic) bond motifs is 1. The number of carbonyl (C=O) groups excluding carboxylic acids is 1. The van der Waals surface area contributed by atoms with E-state index in [1.165, 1.54) is 17.5 Å². The highest BCUT2D eigenvalue weighted by atomic mass is 35.5. The van der Waals surface area contributed by atoms with Gasteiger partial charge in [0, 0.05) is 51.9 Å². The topological polar surface area (TPSA) is 38.8 Å². The summed E-state index contributed by atoms with van der Waals surface area (Å²) >= 11 is 0. The van der Waals surface area contributed by atoms with Crippen LogP contribution in [0.25, 0.3) is 0 Å². The molecule has 25 heavy (non-hydrogen) atoms. The number of nitrogens with zero attached hydrogens (tertiary/aromatic N) is 3. The van der Waals surface area contributed by atoms with Crippen LogP contribution in [0.5, 0.6) is 0 Å². The molecule has 2 saturated heterocycles. The molecule has 1 aromatic rings. The molecule has 3 aliphatic rings. The van der Waals surface area contributed by atoms with Gasteiger partial charge in [0.05, 0.1) is 6.54 Å². The molecule has 138 valence electrons. The summed E-state index contributed by atoms with van der Waals surface area (Å²) in [5, 5.41) is 3.45. The van der Waals surface area contributed by atoms with Crippen LogP contribution in [-0.4, -0.2) is 79.0 Å². The number of rotatable bonds is 3. The lowest BCUT2D eigenvalue weighted by molar-refractivity contribution is -0.133. The Morgan fingerprint density at radius 1 is 1.08 bits per heavy atom. The van der Waals surface area contributed by atoms with E-state index < -0.39 is 0 Å². The highest BCUT2D eigenvalue weighted by molar-refractivity contribution is 5.85. The molecule has 0 bridgehead atoms. The molecule has 1 unspecified atom stereocenters. The molecule has 2 fully saturated rings. The molecule has 4 rings (SSSR count). The van der Waals surface area contributed by atoms with Gasteiger partial charge in [-0.2, -0.15) is 0 Å². The van der Waals surface area contributed by atoms with Crippen molar-refractivity contribution in [3.8, 4) is 0 Å². The molecular formula is C19H29ClN4O. The first-order valence-corrected chi connectivity index (χ1v) is 9.31. The quantitative estimate of drug-likeness (QED) is 0.867. The van der Waals surface area contributed by atoms with Gasteiger partial charge >= 0.3 is 0 Å². The van der Waals surface area contributed by atoms with Gasteiger partial charge in [-0.25, -0.2) is 0 Å². The van der Waals surface area contributed by atoms with Crippen LogP contribution in [0.3, 0.4) is 0 Å². The van der Waals surface area contributed by atoms with E-state index in [9.17, 15) is 4.79 Å². The van der Waals surface area contributed by atoms with Crippen LogP contribution in [0.1, 0.15) is 17.5 Å². The predicted octanol–water partition coefficient (Wildman–Crippen LogP) is 0.973. The second-order valence-electron chi connectivity index (χ2n) is 7.29. The smallest absolute Gasteiger partial charge is 0.237 e. The molecule has 0 aromatic heterocycles. The molecular weight excluding hydrogens is 336 g/mol. The summed E-state index contributed by atoms with van der Waals surface area (Å²) in [4.78, 5) is 19.6. The largest absolute Gasteiger partial charge is 0.337 e. The maximum absolute atomic E-state index is 12.7. The summed E-state index contributed by atoms with van der Waals surface area (Å²) < 4.78 is 0. The highest BCUT2D eigenvalue weighted by Crippen LogP contribution is 2.19. The fourth-order valence-corrected chi connectivity index (χ4v) is 4.24. The van der Waals surface area contributed by atoms with Crippen LogP contribution in [0, 0.1) is 0 Å². The van der Waals surface area contributed by atoms with Crippen LogP contribution in [0.4, 0.5) is 0 Å². The van der Waals surface area contributed by atoms with Crippen molar-refractivity contribution in [3.05, 3.63) is 35.4 Å². The Bertz CT molecular complexity index is 583. The molecule has 1 aromatic carbocycles. The number of halogens is 1. The second-order valence-corrected chi connectivity index (χ2v) is 7.29. The number of amides is 1. The van der Waals surface area contributed by atoms with Crippen molar-refractivity contribution in [1.82, 2.24) is 20.0 Å². The van der Waals surface area contributed by atoms with Gasteiger partial charge in [0.25, 0.3) is 0 Å². The molecule has 0 aliphatic carbocycles.